The van der Waals surface area contributed by atoms with Crippen molar-refractivity contribution in [3.63, 3.8) is 0 Å². The zero-order valence-electron chi connectivity index (χ0n) is 13.0. The van der Waals surface area contributed by atoms with Gasteiger partial charge in [-0.15, -0.1) is 0 Å². The molecule has 3 aromatic carbocycles. The highest BCUT2D eigenvalue weighted by Gasteiger charge is 2.11. The van der Waals surface area contributed by atoms with Crippen LogP contribution >= 0.6 is 11.6 Å². The molecule has 25 heavy (non-hydrogen) atoms. The molecule has 0 saturated heterocycles. The number of aromatic nitrogens is 1. The van der Waals surface area contributed by atoms with E-state index in [1.807, 2.05) is 42.5 Å². The van der Waals surface area contributed by atoms with Crippen LogP contribution in [0.25, 0.3) is 27.4 Å². The predicted octanol–water partition coefficient (Wildman–Crippen LogP) is 5.61. The second-order valence-electron chi connectivity index (χ2n) is 5.47. The van der Waals surface area contributed by atoms with Gasteiger partial charge >= 0.3 is 0 Å². The van der Waals surface area contributed by atoms with Gasteiger partial charge in [0.1, 0.15) is 17.2 Å². The van der Waals surface area contributed by atoms with E-state index in [9.17, 15) is 5.26 Å². The van der Waals surface area contributed by atoms with Gasteiger partial charge < -0.3 is 9.73 Å². The molecule has 0 aliphatic heterocycles. The molecule has 0 saturated carbocycles. The standard InChI is InChI=1S/C20H12ClN3O/c21-15-8-9-19-18(10-15)24-20(25-19)14(11-22)12-23-17-7-3-5-13-4-1-2-6-16(13)17/h1-10,12,23H. The molecule has 0 bridgehead atoms. The van der Waals surface area contributed by atoms with Crippen LogP contribution in [-0.2, 0) is 0 Å². The number of allylic oxidation sites excluding steroid dienone is 1. The first-order valence-corrected chi connectivity index (χ1v) is 8.03. The topological polar surface area (TPSA) is 61.9 Å². The summed E-state index contributed by atoms with van der Waals surface area (Å²) in [7, 11) is 0. The normalized spacial score (nSPS) is 11.6. The van der Waals surface area contributed by atoms with Gasteiger partial charge in [-0.05, 0) is 29.7 Å². The van der Waals surface area contributed by atoms with Crippen molar-refractivity contribution in [2.45, 2.75) is 0 Å². The SMILES string of the molecule is N#CC(=CNc1cccc2ccccc12)c1nc2cc(Cl)ccc2o1. The Hall–Kier alpha value is -3.29. The second kappa shape index (κ2) is 6.31. The number of hydrogen-bond donors (Lipinski definition) is 1. The first kappa shape index (κ1) is 15.3. The molecule has 4 rings (SSSR count). The van der Waals surface area contributed by atoms with Gasteiger partial charge in [-0.2, -0.15) is 5.26 Å². The Bertz CT molecular complexity index is 1150. The van der Waals surface area contributed by atoms with Crippen molar-refractivity contribution in [2.24, 2.45) is 0 Å². The van der Waals surface area contributed by atoms with Crippen molar-refractivity contribution in [1.82, 2.24) is 4.98 Å². The number of nitrogens with zero attached hydrogens (tertiary/aromatic N) is 2. The minimum absolute atomic E-state index is 0.257. The summed E-state index contributed by atoms with van der Waals surface area (Å²) in [4.78, 5) is 4.34. The number of rotatable bonds is 3. The number of nitriles is 1. The zero-order chi connectivity index (χ0) is 17.2. The molecule has 0 aliphatic carbocycles. The van der Waals surface area contributed by atoms with Crippen molar-refractivity contribution < 1.29 is 4.42 Å². The fourth-order valence-electron chi connectivity index (χ4n) is 2.66. The van der Waals surface area contributed by atoms with Gasteiger partial charge in [-0.3, -0.25) is 0 Å². The molecular weight excluding hydrogens is 334 g/mol. The Balaban J connectivity index is 1.71. The van der Waals surface area contributed by atoms with Crippen LogP contribution in [0, 0.1) is 11.3 Å². The first-order chi connectivity index (χ1) is 12.2. The molecule has 0 fully saturated rings. The van der Waals surface area contributed by atoms with E-state index in [4.69, 9.17) is 16.0 Å². The van der Waals surface area contributed by atoms with E-state index in [0.29, 0.717) is 21.7 Å². The average molecular weight is 346 g/mol. The quantitative estimate of drug-likeness (QED) is 0.490. The van der Waals surface area contributed by atoms with Crippen LogP contribution in [0.15, 0.2) is 71.3 Å². The van der Waals surface area contributed by atoms with Crippen LogP contribution in [-0.4, -0.2) is 4.98 Å². The van der Waals surface area contributed by atoms with Gasteiger partial charge in [0, 0.05) is 22.3 Å². The Kier molecular flexibility index (Phi) is 3.85. The number of fused-ring (bicyclic) bond motifs is 2. The molecule has 0 amide bonds. The van der Waals surface area contributed by atoms with Crippen LogP contribution in [0.1, 0.15) is 5.89 Å². The Labute approximate surface area is 149 Å². The highest BCUT2D eigenvalue weighted by atomic mass is 35.5. The molecule has 4 aromatic rings. The lowest BCUT2D eigenvalue weighted by Gasteiger charge is -2.06. The van der Waals surface area contributed by atoms with Gasteiger partial charge in [0.05, 0.1) is 0 Å². The Morgan fingerprint density at radius 3 is 2.84 bits per heavy atom. The predicted molar refractivity (Wildman–Crippen MR) is 100 cm³/mol. The monoisotopic (exact) mass is 345 g/mol. The van der Waals surface area contributed by atoms with Gasteiger partial charge in [-0.25, -0.2) is 4.98 Å². The molecule has 120 valence electrons. The number of hydrogen-bond acceptors (Lipinski definition) is 4. The summed E-state index contributed by atoms with van der Waals surface area (Å²) in [5, 5.41) is 15.4. The smallest absolute Gasteiger partial charge is 0.239 e. The summed E-state index contributed by atoms with van der Waals surface area (Å²) in [6, 6.07) is 21.3. The summed E-state index contributed by atoms with van der Waals surface area (Å²) in [5.74, 6) is 0.257. The van der Waals surface area contributed by atoms with Gasteiger partial charge in [0.2, 0.25) is 5.89 Å². The maximum absolute atomic E-state index is 9.47. The van der Waals surface area contributed by atoms with E-state index < -0.39 is 0 Å². The number of oxazole rings is 1. The largest absolute Gasteiger partial charge is 0.435 e. The molecule has 1 aromatic heterocycles. The van der Waals surface area contributed by atoms with Crippen molar-refractivity contribution in [3.05, 3.63) is 77.8 Å². The van der Waals surface area contributed by atoms with Crippen LogP contribution in [0.4, 0.5) is 5.69 Å². The molecule has 0 atom stereocenters. The van der Waals surface area contributed by atoms with E-state index in [1.165, 1.54) is 0 Å². The minimum Gasteiger partial charge on any atom is -0.435 e. The van der Waals surface area contributed by atoms with E-state index in [0.717, 1.165) is 16.5 Å². The summed E-state index contributed by atoms with van der Waals surface area (Å²) in [6.07, 6.45) is 1.61. The highest BCUT2D eigenvalue weighted by Crippen LogP contribution is 2.26. The zero-order valence-corrected chi connectivity index (χ0v) is 13.8. The lowest BCUT2D eigenvalue weighted by atomic mass is 10.1. The molecular formula is C20H12ClN3O. The Morgan fingerprint density at radius 1 is 1.12 bits per heavy atom. The van der Waals surface area contributed by atoms with Crippen molar-refractivity contribution in [2.75, 3.05) is 5.32 Å². The lowest BCUT2D eigenvalue weighted by molar-refractivity contribution is 0.586. The van der Waals surface area contributed by atoms with E-state index in [-0.39, 0.29) is 5.89 Å². The third-order valence-electron chi connectivity index (χ3n) is 3.86. The lowest BCUT2D eigenvalue weighted by Crippen LogP contribution is -1.92. The fourth-order valence-corrected chi connectivity index (χ4v) is 2.83. The molecule has 5 heteroatoms. The summed E-state index contributed by atoms with van der Waals surface area (Å²) < 4.78 is 5.65. The van der Waals surface area contributed by atoms with Crippen LogP contribution < -0.4 is 5.32 Å². The van der Waals surface area contributed by atoms with E-state index in [2.05, 4.69) is 16.4 Å². The molecule has 0 radical (unpaired) electrons. The van der Waals surface area contributed by atoms with Gasteiger partial charge in [-0.1, -0.05) is 48.0 Å². The molecule has 1 heterocycles. The van der Waals surface area contributed by atoms with Gasteiger partial charge in [0.15, 0.2) is 5.58 Å². The Morgan fingerprint density at radius 2 is 1.96 bits per heavy atom. The second-order valence-corrected chi connectivity index (χ2v) is 5.91. The number of nitrogens with one attached hydrogen (secondary N) is 1. The van der Waals surface area contributed by atoms with Crippen LogP contribution in [0.2, 0.25) is 5.02 Å². The molecule has 0 unspecified atom stereocenters. The molecule has 4 nitrogen and oxygen atoms in total. The molecule has 0 spiro atoms. The third-order valence-corrected chi connectivity index (χ3v) is 4.10. The fraction of sp³-hybridized carbons (Fsp3) is 0. The van der Waals surface area contributed by atoms with Crippen molar-refractivity contribution in [3.8, 4) is 6.07 Å². The number of anilines is 1. The molecule has 1 N–H and O–H groups in total. The van der Waals surface area contributed by atoms with E-state index in [1.54, 1.807) is 24.4 Å². The molecule has 0 aliphatic rings. The summed E-state index contributed by atoms with van der Waals surface area (Å²) in [5.41, 5.74) is 2.42. The maximum atomic E-state index is 9.47. The summed E-state index contributed by atoms with van der Waals surface area (Å²) in [6.45, 7) is 0. The van der Waals surface area contributed by atoms with Crippen molar-refractivity contribution >= 4 is 44.7 Å². The average Bonchev–Trinajstić information content (AvgIpc) is 3.05. The first-order valence-electron chi connectivity index (χ1n) is 7.65. The number of benzene rings is 3. The van der Waals surface area contributed by atoms with Crippen LogP contribution in [0.5, 0.6) is 0 Å². The highest BCUT2D eigenvalue weighted by molar-refractivity contribution is 6.31. The third kappa shape index (κ3) is 2.93. The number of halogens is 1. The van der Waals surface area contributed by atoms with E-state index >= 15 is 0 Å². The van der Waals surface area contributed by atoms with Crippen LogP contribution in [0.3, 0.4) is 0 Å². The van der Waals surface area contributed by atoms with Gasteiger partial charge in [0.25, 0.3) is 0 Å². The van der Waals surface area contributed by atoms with Crippen molar-refractivity contribution in [1.29, 1.82) is 5.26 Å². The minimum atomic E-state index is 0.257. The summed E-state index contributed by atoms with van der Waals surface area (Å²) >= 11 is 5.96. The maximum Gasteiger partial charge on any atom is 0.239 e.